The van der Waals surface area contributed by atoms with Crippen LogP contribution in [0.5, 0.6) is 0 Å². The minimum atomic E-state index is 0.100. The fourth-order valence-corrected chi connectivity index (χ4v) is 2.37. The Morgan fingerprint density at radius 3 is 2.47 bits per heavy atom. The standard InChI is InChI=1S/C15H30O2/c1-3-5-7-9-13-16-15-12-11-14(17-15)10-8-6-4-2/h14-15H,3-13H2,1-2H3. The van der Waals surface area contributed by atoms with Crippen LogP contribution in [0.1, 0.15) is 78.1 Å². The quantitative estimate of drug-likeness (QED) is 0.518. The number of hydrogen-bond acceptors (Lipinski definition) is 2. The fraction of sp³-hybridized carbons (Fsp3) is 1.00. The van der Waals surface area contributed by atoms with E-state index in [9.17, 15) is 0 Å². The Labute approximate surface area is 107 Å². The first kappa shape index (κ1) is 15.0. The minimum absolute atomic E-state index is 0.100. The van der Waals surface area contributed by atoms with E-state index >= 15 is 0 Å². The van der Waals surface area contributed by atoms with Crippen LogP contribution in [-0.2, 0) is 9.47 Å². The Bertz CT molecular complexity index is 170. The summed E-state index contributed by atoms with van der Waals surface area (Å²) in [5.41, 5.74) is 0. The normalized spacial score (nSPS) is 24.4. The summed E-state index contributed by atoms with van der Waals surface area (Å²) in [6, 6.07) is 0. The number of rotatable bonds is 10. The molecule has 2 heteroatoms. The molecule has 0 aromatic heterocycles. The second-order valence-corrected chi connectivity index (χ2v) is 5.19. The van der Waals surface area contributed by atoms with Crippen LogP contribution >= 0.6 is 0 Å². The lowest BCUT2D eigenvalue weighted by atomic mass is 10.1. The zero-order valence-electron chi connectivity index (χ0n) is 11.7. The highest BCUT2D eigenvalue weighted by Gasteiger charge is 2.24. The van der Waals surface area contributed by atoms with Gasteiger partial charge in [-0.05, 0) is 19.3 Å². The molecule has 1 saturated heterocycles. The first-order valence-electron chi connectivity index (χ1n) is 7.63. The van der Waals surface area contributed by atoms with E-state index in [0.717, 1.165) is 13.0 Å². The van der Waals surface area contributed by atoms with Gasteiger partial charge in [-0.25, -0.2) is 0 Å². The molecular formula is C15H30O2. The summed E-state index contributed by atoms with van der Waals surface area (Å²) in [6.07, 6.45) is 13.1. The maximum atomic E-state index is 5.89. The molecule has 0 saturated carbocycles. The third-order valence-electron chi connectivity index (χ3n) is 3.50. The molecule has 0 amide bonds. The second-order valence-electron chi connectivity index (χ2n) is 5.19. The van der Waals surface area contributed by atoms with Crippen LogP contribution in [-0.4, -0.2) is 19.0 Å². The Hall–Kier alpha value is -0.0800. The van der Waals surface area contributed by atoms with Crippen molar-refractivity contribution in [3.8, 4) is 0 Å². The van der Waals surface area contributed by atoms with E-state index in [1.807, 2.05) is 0 Å². The van der Waals surface area contributed by atoms with Crippen molar-refractivity contribution in [2.45, 2.75) is 90.4 Å². The molecule has 2 nitrogen and oxygen atoms in total. The van der Waals surface area contributed by atoms with Crippen molar-refractivity contribution in [2.75, 3.05) is 6.61 Å². The number of unbranched alkanes of at least 4 members (excludes halogenated alkanes) is 5. The van der Waals surface area contributed by atoms with Crippen molar-refractivity contribution in [1.82, 2.24) is 0 Å². The molecule has 2 atom stereocenters. The minimum Gasteiger partial charge on any atom is -0.353 e. The summed E-state index contributed by atoms with van der Waals surface area (Å²) in [4.78, 5) is 0. The maximum absolute atomic E-state index is 5.89. The van der Waals surface area contributed by atoms with E-state index in [2.05, 4.69) is 13.8 Å². The first-order chi connectivity index (χ1) is 8.36. The van der Waals surface area contributed by atoms with Gasteiger partial charge < -0.3 is 9.47 Å². The van der Waals surface area contributed by atoms with Gasteiger partial charge in [-0.3, -0.25) is 0 Å². The molecule has 2 unspecified atom stereocenters. The van der Waals surface area contributed by atoms with Crippen molar-refractivity contribution < 1.29 is 9.47 Å². The molecule has 0 aromatic carbocycles. The molecule has 1 aliphatic heterocycles. The third kappa shape index (κ3) is 7.05. The molecule has 1 rings (SSSR count). The molecule has 102 valence electrons. The van der Waals surface area contributed by atoms with Crippen LogP contribution in [0.15, 0.2) is 0 Å². The van der Waals surface area contributed by atoms with Gasteiger partial charge in [-0.2, -0.15) is 0 Å². The molecule has 1 fully saturated rings. The summed E-state index contributed by atoms with van der Waals surface area (Å²) < 4.78 is 11.7. The van der Waals surface area contributed by atoms with E-state index < -0.39 is 0 Å². The van der Waals surface area contributed by atoms with Crippen LogP contribution in [0.2, 0.25) is 0 Å². The molecule has 0 N–H and O–H groups in total. The predicted molar refractivity (Wildman–Crippen MR) is 72.1 cm³/mol. The van der Waals surface area contributed by atoms with E-state index in [0.29, 0.717) is 6.10 Å². The highest BCUT2D eigenvalue weighted by atomic mass is 16.7. The van der Waals surface area contributed by atoms with Crippen molar-refractivity contribution in [3.05, 3.63) is 0 Å². The molecule has 17 heavy (non-hydrogen) atoms. The Kier molecular flexibility index (Phi) is 8.72. The van der Waals surface area contributed by atoms with E-state index in [1.165, 1.54) is 57.8 Å². The summed E-state index contributed by atoms with van der Waals surface area (Å²) in [5, 5.41) is 0. The molecule has 0 radical (unpaired) electrons. The van der Waals surface area contributed by atoms with Gasteiger partial charge in [0.1, 0.15) is 0 Å². The van der Waals surface area contributed by atoms with Gasteiger partial charge >= 0.3 is 0 Å². The Morgan fingerprint density at radius 2 is 1.71 bits per heavy atom. The SMILES string of the molecule is CCCCCCOC1CCC(CCCCC)O1. The van der Waals surface area contributed by atoms with Crippen LogP contribution < -0.4 is 0 Å². The van der Waals surface area contributed by atoms with Crippen molar-refractivity contribution in [1.29, 1.82) is 0 Å². The average Bonchev–Trinajstić information content (AvgIpc) is 2.77. The average molecular weight is 242 g/mol. The molecular weight excluding hydrogens is 212 g/mol. The number of hydrogen-bond donors (Lipinski definition) is 0. The van der Waals surface area contributed by atoms with Gasteiger partial charge in [0.2, 0.25) is 0 Å². The van der Waals surface area contributed by atoms with Crippen molar-refractivity contribution in [2.24, 2.45) is 0 Å². The molecule has 0 aliphatic carbocycles. The van der Waals surface area contributed by atoms with Crippen molar-refractivity contribution in [3.63, 3.8) is 0 Å². The summed E-state index contributed by atoms with van der Waals surface area (Å²) in [6.45, 7) is 5.37. The largest absolute Gasteiger partial charge is 0.353 e. The summed E-state index contributed by atoms with van der Waals surface area (Å²) in [5.74, 6) is 0. The van der Waals surface area contributed by atoms with E-state index in [4.69, 9.17) is 9.47 Å². The van der Waals surface area contributed by atoms with Gasteiger partial charge in [0, 0.05) is 13.0 Å². The lowest BCUT2D eigenvalue weighted by Gasteiger charge is -2.14. The fourth-order valence-electron chi connectivity index (χ4n) is 2.37. The summed E-state index contributed by atoms with van der Waals surface area (Å²) in [7, 11) is 0. The van der Waals surface area contributed by atoms with E-state index in [-0.39, 0.29) is 6.29 Å². The zero-order valence-corrected chi connectivity index (χ0v) is 11.7. The van der Waals surface area contributed by atoms with Gasteiger partial charge in [0.05, 0.1) is 6.10 Å². The predicted octanol–water partition coefficient (Wildman–Crippen LogP) is 4.67. The van der Waals surface area contributed by atoms with Crippen LogP contribution in [0.25, 0.3) is 0 Å². The maximum Gasteiger partial charge on any atom is 0.158 e. The van der Waals surface area contributed by atoms with Crippen LogP contribution in [0.3, 0.4) is 0 Å². The second kappa shape index (κ2) is 9.90. The monoisotopic (exact) mass is 242 g/mol. The van der Waals surface area contributed by atoms with Crippen molar-refractivity contribution >= 4 is 0 Å². The highest BCUT2D eigenvalue weighted by molar-refractivity contribution is 4.68. The lowest BCUT2D eigenvalue weighted by molar-refractivity contribution is -0.135. The van der Waals surface area contributed by atoms with E-state index in [1.54, 1.807) is 0 Å². The van der Waals surface area contributed by atoms with Gasteiger partial charge in [-0.1, -0.05) is 52.4 Å². The highest BCUT2D eigenvalue weighted by Crippen LogP contribution is 2.24. The van der Waals surface area contributed by atoms with Crippen LogP contribution in [0, 0.1) is 0 Å². The third-order valence-corrected chi connectivity index (χ3v) is 3.50. The first-order valence-corrected chi connectivity index (χ1v) is 7.63. The number of ether oxygens (including phenoxy) is 2. The molecule has 0 aromatic rings. The zero-order chi connectivity index (χ0) is 12.3. The molecule has 0 spiro atoms. The topological polar surface area (TPSA) is 18.5 Å². The van der Waals surface area contributed by atoms with Gasteiger partial charge in [-0.15, -0.1) is 0 Å². The van der Waals surface area contributed by atoms with Gasteiger partial charge in [0.25, 0.3) is 0 Å². The lowest BCUT2D eigenvalue weighted by Crippen LogP contribution is -2.15. The molecule has 0 bridgehead atoms. The molecule has 1 heterocycles. The van der Waals surface area contributed by atoms with Gasteiger partial charge in [0.15, 0.2) is 6.29 Å². The molecule has 1 aliphatic rings. The smallest absolute Gasteiger partial charge is 0.158 e. The summed E-state index contributed by atoms with van der Waals surface area (Å²) >= 11 is 0. The Morgan fingerprint density at radius 1 is 0.941 bits per heavy atom. The van der Waals surface area contributed by atoms with Crippen LogP contribution in [0.4, 0.5) is 0 Å². The Balaban J connectivity index is 1.94.